The molecule has 0 aromatic carbocycles. The second-order valence-corrected chi connectivity index (χ2v) is 5.94. The third kappa shape index (κ3) is 5.64. The largest absolute Gasteiger partial charge is 0.394 e. The maximum atomic E-state index is 10.9. The Morgan fingerprint density at radius 2 is 1.77 bits per heavy atom. The summed E-state index contributed by atoms with van der Waals surface area (Å²) in [4.78, 5) is 21.8. The van der Waals surface area contributed by atoms with Crippen molar-refractivity contribution in [2.45, 2.75) is 62.0 Å². The van der Waals surface area contributed by atoms with Gasteiger partial charge in [-0.15, -0.1) is 0 Å². The van der Waals surface area contributed by atoms with Crippen LogP contribution in [-0.2, 0) is 19.1 Å². The Morgan fingerprint density at radius 3 is 2.27 bits per heavy atom. The number of hydrogen-bond acceptors (Lipinski definition) is 11. The van der Waals surface area contributed by atoms with Gasteiger partial charge in [0.25, 0.3) is 0 Å². The summed E-state index contributed by atoms with van der Waals surface area (Å²) in [7, 11) is 0. The maximum Gasteiger partial charge on any atom is 0.217 e. The molecular weight excluding hydrogens is 358 g/mol. The molecular formula is C14H25NO11. The van der Waals surface area contributed by atoms with Gasteiger partial charge in [0.2, 0.25) is 5.91 Å². The summed E-state index contributed by atoms with van der Waals surface area (Å²) < 4.78 is 10.1. The van der Waals surface area contributed by atoms with Crippen molar-refractivity contribution in [2.75, 3.05) is 13.2 Å². The summed E-state index contributed by atoms with van der Waals surface area (Å²) >= 11 is 0. The Kier molecular flexibility index (Phi) is 8.95. The third-order valence-corrected chi connectivity index (χ3v) is 3.91. The van der Waals surface area contributed by atoms with Crippen LogP contribution < -0.4 is 5.32 Å². The number of nitrogens with one attached hydrogen (secondary N) is 1. The molecule has 1 heterocycles. The van der Waals surface area contributed by atoms with Gasteiger partial charge in [0.15, 0.2) is 6.29 Å². The van der Waals surface area contributed by atoms with E-state index in [9.17, 15) is 40.2 Å². The van der Waals surface area contributed by atoms with Crippen LogP contribution in [0.15, 0.2) is 0 Å². The van der Waals surface area contributed by atoms with Crippen LogP contribution in [0.3, 0.4) is 0 Å². The molecule has 0 aromatic heterocycles. The Hall–Kier alpha value is -1.22. The summed E-state index contributed by atoms with van der Waals surface area (Å²) in [5.41, 5.74) is 0. The fourth-order valence-electron chi connectivity index (χ4n) is 2.37. The maximum absolute atomic E-state index is 10.9. The van der Waals surface area contributed by atoms with E-state index >= 15 is 0 Å². The summed E-state index contributed by atoms with van der Waals surface area (Å²) in [5, 5.41) is 69.7. The molecule has 1 aliphatic heterocycles. The van der Waals surface area contributed by atoms with E-state index in [1.54, 1.807) is 0 Å². The minimum atomic E-state index is -1.90. The van der Waals surface area contributed by atoms with Gasteiger partial charge in [-0.1, -0.05) is 0 Å². The fraction of sp³-hybridized carbons (Fsp3) is 0.857. The monoisotopic (exact) mass is 383 g/mol. The Labute approximate surface area is 148 Å². The number of aliphatic hydroxyl groups is 7. The van der Waals surface area contributed by atoms with E-state index in [4.69, 9.17) is 14.6 Å². The van der Waals surface area contributed by atoms with Crippen molar-refractivity contribution >= 4 is 12.2 Å². The number of ether oxygens (including phenoxy) is 2. The quantitative estimate of drug-likeness (QED) is 0.176. The van der Waals surface area contributed by atoms with Crippen molar-refractivity contribution in [2.24, 2.45) is 0 Å². The molecule has 0 aromatic rings. The van der Waals surface area contributed by atoms with Gasteiger partial charge in [-0.25, -0.2) is 0 Å². The molecule has 152 valence electrons. The molecule has 9 atom stereocenters. The molecule has 12 heteroatoms. The van der Waals surface area contributed by atoms with Crippen LogP contribution in [0.2, 0.25) is 0 Å². The lowest BCUT2D eigenvalue weighted by Crippen LogP contribution is -2.59. The van der Waals surface area contributed by atoms with Gasteiger partial charge in [-0.2, -0.15) is 0 Å². The fourth-order valence-corrected chi connectivity index (χ4v) is 2.37. The highest BCUT2D eigenvalue weighted by molar-refractivity contribution is 5.77. The zero-order chi connectivity index (χ0) is 20.0. The molecule has 0 unspecified atom stereocenters. The standard InChI is InChI=1S/C14H25NO11/c1-5(18)15-6(2-16)9(20)10(21)7(19)4-25-14-13(24)12(23)11(22)8(3-17)26-14/h2,6-14,17,19-24H,3-4H2,1H3,(H,15,18)/t6-,7+,8+,9+,10+,11-,12-,13+,14+/m0/s1. The Balaban J connectivity index is 2.62. The van der Waals surface area contributed by atoms with Gasteiger partial charge in [0.1, 0.15) is 55.1 Å². The predicted octanol–water partition coefficient (Wildman–Crippen LogP) is -5.41. The summed E-state index contributed by atoms with van der Waals surface area (Å²) in [6, 6.07) is -1.47. The van der Waals surface area contributed by atoms with Gasteiger partial charge in [-0.3, -0.25) is 4.79 Å². The van der Waals surface area contributed by atoms with E-state index < -0.39 is 74.2 Å². The van der Waals surface area contributed by atoms with E-state index in [2.05, 4.69) is 5.32 Å². The van der Waals surface area contributed by atoms with E-state index in [1.165, 1.54) is 0 Å². The van der Waals surface area contributed by atoms with Crippen molar-refractivity contribution in [1.29, 1.82) is 0 Å². The first kappa shape index (κ1) is 22.8. The molecule has 8 N–H and O–H groups in total. The van der Waals surface area contributed by atoms with Crippen LogP contribution in [0, 0.1) is 0 Å². The molecule has 12 nitrogen and oxygen atoms in total. The Bertz CT molecular complexity index is 462. The first-order valence-corrected chi connectivity index (χ1v) is 7.82. The Morgan fingerprint density at radius 1 is 1.15 bits per heavy atom. The topological polar surface area (TPSA) is 206 Å². The molecule has 1 rings (SSSR count). The number of rotatable bonds is 9. The number of amides is 1. The molecule has 26 heavy (non-hydrogen) atoms. The van der Waals surface area contributed by atoms with Crippen molar-refractivity contribution in [3.05, 3.63) is 0 Å². The van der Waals surface area contributed by atoms with E-state index in [0.29, 0.717) is 0 Å². The SMILES string of the molecule is CC(=O)N[C@@H](C=O)[C@@H](O)[C@H](O)[C@H](O)CO[C@@H]1O[C@H](CO)[C@H](O)[C@H](O)[C@H]1O. The predicted molar refractivity (Wildman–Crippen MR) is 81.4 cm³/mol. The lowest BCUT2D eigenvalue weighted by atomic mass is 9.99. The summed E-state index contributed by atoms with van der Waals surface area (Å²) in [5.74, 6) is -0.639. The minimum Gasteiger partial charge on any atom is -0.394 e. The molecule has 0 radical (unpaired) electrons. The third-order valence-electron chi connectivity index (χ3n) is 3.91. The average molecular weight is 383 g/mol. The minimum absolute atomic E-state index is 0.181. The molecule has 1 saturated heterocycles. The molecule has 0 saturated carbocycles. The van der Waals surface area contributed by atoms with Crippen LogP contribution in [0.4, 0.5) is 0 Å². The number of hydrogen-bond donors (Lipinski definition) is 8. The van der Waals surface area contributed by atoms with Crippen molar-refractivity contribution in [3.8, 4) is 0 Å². The molecule has 0 bridgehead atoms. The number of aldehydes is 1. The van der Waals surface area contributed by atoms with Crippen LogP contribution in [0.1, 0.15) is 6.92 Å². The number of aliphatic hydroxyl groups excluding tert-OH is 7. The first-order chi connectivity index (χ1) is 12.1. The second kappa shape index (κ2) is 10.2. The zero-order valence-electron chi connectivity index (χ0n) is 14.0. The molecule has 1 aliphatic rings. The van der Waals surface area contributed by atoms with Gasteiger partial charge >= 0.3 is 0 Å². The zero-order valence-corrected chi connectivity index (χ0v) is 14.0. The van der Waals surface area contributed by atoms with Crippen molar-refractivity contribution in [3.63, 3.8) is 0 Å². The van der Waals surface area contributed by atoms with Gasteiger partial charge < -0.3 is 55.3 Å². The van der Waals surface area contributed by atoms with Crippen molar-refractivity contribution < 1.29 is 54.8 Å². The van der Waals surface area contributed by atoms with Gasteiger partial charge in [0, 0.05) is 6.92 Å². The summed E-state index contributed by atoms with van der Waals surface area (Å²) in [6.45, 7) is -0.284. The summed E-state index contributed by atoms with van der Waals surface area (Å²) in [6.07, 6.45) is -13.0. The lowest BCUT2D eigenvalue weighted by Gasteiger charge is -2.40. The first-order valence-electron chi connectivity index (χ1n) is 7.82. The van der Waals surface area contributed by atoms with E-state index in [0.717, 1.165) is 6.92 Å². The molecule has 1 amide bonds. The normalized spacial score (nSPS) is 33.8. The van der Waals surface area contributed by atoms with E-state index in [-0.39, 0.29) is 6.29 Å². The average Bonchev–Trinajstić information content (AvgIpc) is 2.61. The smallest absolute Gasteiger partial charge is 0.217 e. The van der Waals surface area contributed by atoms with Gasteiger partial charge in [0.05, 0.1) is 13.2 Å². The van der Waals surface area contributed by atoms with Crippen LogP contribution in [-0.4, -0.2) is 116 Å². The number of carbonyl (C=O) groups excluding carboxylic acids is 2. The van der Waals surface area contributed by atoms with Crippen LogP contribution in [0.25, 0.3) is 0 Å². The molecule has 0 aliphatic carbocycles. The van der Waals surface area contributed by atoms with Crippen LogP contribution in [0.5, 0.6) is 0 Å². The molecule has 1 fully saturated rings. The lowest BCUT2D eigenvalue weighted by molar-refractivity contribution is -0.306. The van der Waals surface area contributed by atoms with E-state index in [1.807, 2.05) is 0 Å². The second-order valence-electron chi connectivity index (χ2n) is 5.94. The van der Waals surface area contributed by atoms with Gasteiger partial charge in [-0.05, 0) is 0 Å². The van der Waals surface area contributed by atoms with Crippen LogP contribution >= 0.6 is 0 Å². The number of carbonyl (C=O) groups is 2. The van der Waals surface area contributed by atoms with Crippen molar-refractivity contribution in [1.82, 2.24) is 5.32 Å². The highest BCUT2D eigenvalue weighted by atomic mass is 16.7. The highest BCUT2D eigenvalue weighted by Crippen LogP contribution is 2.22. The molecule has 0 spiro atoms. The highest BCUT2D eigenvalue weighted by Gasteiger charge is 2.44.